The fourth-order valence-electron chi connectivity index (χ4n) is 2.23. The van der Waals surface area contributed by atoms with Gasteiger partial charge in [-0.05, 0) is 14.0 Å². The number of thiazole rings is 1. The SMILES string of the molecule is Cc1csc(NC(=O)CN2CCN(C)CC2CN)n1. The van der Waals surface area contributed by atoms with Gasteiger partial charge in [-0.15, -0.1) is 11.3 Å². The van der Waals surface area contributed by atoms with Crippen molar-refractivity contribution in [2.75, 3.05) is 45.1 Å². The molecule has 1 aliphatic heterocycles. The number of nitrogens with one attached hydrogen (secondary N) is 1. The molecular weight excluding hydrogens is 262 g/mol. The van der Waals surface area contributed by atoms with Gasteiger partial charge in [-0.1, -0.05) is 0 Å². The van der Waals surface area contributed by atoms with Crippen LogP contribution in [0.1, 0.15) is 5.69 Å². The molecule has 7 heteroatoms. The minimum atomic E-state index is -0.0163. The third kappa shape index (κ3) is 3.97. The molecule has 1 amide bonds. The summed E-state index contributed by atoms with van der Waals surface area (Å²) < 4.78 is 0. The Morgan fingerprint density at radius 2 is 2.42 bits per heavy atom. The van der Waals surface area contributed by atoms with Crippen LogP contribution >= 0.6 is 11.3 Å². The molecule has 0 aromatic carbocycles. The van der Waals surface area contributed by atoms with Crippen LogP contribution in [0.2, 0.25) is 0 Å². The van der Waals surface area contributed by atoms with Gasteiger partial charge in [0.25, 0.3) is 0 Å². The average Bonchev–Trinajstić information content (AvgIpc) is 2.76. The molecule has 0 radical (unpaired) electrons. The topological polar surface area (TPSA) is 74.5 Å². The van der Waals surface area contributed by atoms with E-state index in [1.807, 2.05) is 12.3 Å². The second-order valence-corrected chi connectivity index (χ2v) is 5.82. The Morgan fingerprint density at radius 3 is 3.05 bits per heavy atom. The van der Waals surface area contributed by atoms with E-state index < -0.39 is 0 Å². The second kappa shape index (κ2) is 6.42. The summed E-state index contributed by atoms with van der Waals surface area (Å²) in [5.41, 5.74) is 6.71. The van der Waals surface area contributed by atoms with Crippen LogP contribution in [0.3, 0.4) is 0 Å². The van der Waals surface area contributed by atoms with Gasteiger partial charge in [0.05, 0.1) is 12.2 Å². The largest absolute Gasteiger partial charge is 0.329 e. The van der Waals surface area contributed by atoms with Gasteiger partial charge in [0.15, 0.2) is 5.13 Å². The Bertz CT molecular complexity index is 436. The quantitative estimate of drug-likeness (QED) is 0.811. The number of nitrogens with zero attached hydrogens (tertiary/aromatic N) is 3. The van der Waals surface area contributed by atoms with Gasteiger partial charge in [-0.2, -0.15) is 0 Å². The van der Waals surface area contributed by atoms with Gasteiger partial charge in [-0.25, -0.2) is 4.98 Å². The summed E-state index contributed by atoms with van der Waals surface area (Å²) in [4.78, 5) is 20.6. The lowest BCUT2D eigenvalue weighted by molar-refractivity contribution is -0.118. The van der Waals surface area contributed by atoms with Crippen molar-refractivity contribution in [3.8, 4) is 0 Å². The Hall–Kier alpha value is -1.02. The molecule has 1 aliphatic rings. The minimum absolute atomic E-state index is 0.0163. The van der Waals surface area contributed by atoms with Crippen molar-refractivity contribution < 1.29 is 4.79 Å². The molecular formula is C12H21N5OS. The molecule has 1 aromatic rings. The van der Waals surface area contributed by atoms with Gasteiger partial charge >= 0.3 is 0 Å². The zero-order chi connectivity index (χ0) is 13.8. The van der Waals surface area contributed by atoms with Gasteiger partial charge in [0.1, 0.15) is 0 Å². The number of likely N-dealkylation sites (N-methyl/N-ethyl adjacent to an activating group) is 1. The summed E-state index contributed by atoms with van der Waals surface area (Å²) in [5.74, 6) is -0.0163. The van der Waals surface area contributed by atoms with Crippen molar-refractivity contribution in [1.29, 1.82) is 0 Å². The monoisotopic (exact) mass is 283 g/mol. The van der Waals surface area contributed by atoms with Crippen molar-refractivity contribution in [2.24, 2.45) is 5.73 Å². The highest BCUT2D eigenvalue weighted by molar-refractivity contribution is 7.13. The van der Waals surface area contributed by atoms with Crippen LogP contribution in [-0.4, -0.2) is 66.5 Å². The molecule has 6 nitrogen and oxygen atoms in total. The standard InChI is InChI=1S/C12H21N5OS/c1-9-8-19-12(14-9)15-11(18)7-17-4-3-16(2)6-10(17)5-13/h8,10H,3-7,13H2,1-2H3,(H,14,15,18). The number of hydrogen-bond acceptors (Lipinski definition) is 6. The molecule has 2 heterocycles. The lowest BCUT2D eigenvalue weighted by Gasteiger charge is -2.38. The first-order chi connectivity index (χ1) is 9.08. The van der Waals surface area contributed by atoms with E-state index in [4.69, 9.17) is 5.73 Å². The van der Waals surface area contributed by atoms with Gasteiger partial charge in [0, 0.05) is 37.6 Å². The molecule has 1 unspecified atom stereocenters. The summed E-state index contributed by atoms with van der Waals surface area (Å²) in [6.45, 7) is 5.64. The molecule has 0 bridgehead atoms. The molecule has 1 atom stereocenters. The number of amides is 1. The highest BCUT2D eigenvalue weighted by atomic mass is 32.1. The van der Waals surface area contributed by atoms with Gasteiger partial charge in [0.2, 0.25) is 5.91 Å². The fourth-order valence-corrected chi connectivity index (χ4v) is 2.94. The van der Waals surface area contributed by atoms with E-state index >= 15 is 0 Å². The van der Waals surface area contributed by atoms with Crippen LogP contribution in [0.15, 0.2) is 5.38 Å². The number of hydrogen-bond donors (Lipinski definition) is 2. The second-order valence-electron chi connectivity index (χ2n) is 4.96. The molecule has 19 heavy (non-hydrogen) atoms. The van der Waals surface area contributed by atoms with Crippen LogP contribution in [-0.2, 0) is 4.79 Å². The van der Waals surface area contributed by atoms with Crippen LogP contribution in [0.25, 0.3) is 0 Å². The Kier molecular flexibility index (Phi) is 4.87. The summed E-state index contributed by atoms with van der Waals surface area (Å²) in [6, 6.07) is 0.252. The van der Waals surface area contributed by atoms with Crippen LogP contribution in [0, 0.1) is 6.92 Å². The van der Waals surface area contributed by atoms with Gasteiger partial charge < -0.3 is 16.0 Å². The molecule has 106 valence electrons. The first-order valence-electron chi connectivity index (χ1n) is 6.43. The third-order valence-electron chi connectivity index (χ3n) is 3.29. The first-order valence-corrected chi connectivity index (χ1v) is 7.31. The fraction of sp³-hybridized carbons (Fsp3) is 0.667. The molecule has 0 spiro atoms. The molecule has 1 fully saturated rings. The van der Waals surface area contributed by atoms with Crippen LogP contribution in [0.4, 0.5) is 5.13 Å². The molecule has 1 saturated heterocycles. The zero-order valence-corrected chi connectivity index (χ0v) is 12.2. The Labute approximate surface area is 117 Å². The maximum atomic E-state index is 12.0. The van der Waals surface area contributed by atoms with Gasteiger partial charge in [-0.3, -0.25) is 9.69 Å². The van der Waals surface area contributed by atoms with Crippen molar-refractivity contribution in [1.82, 2.24) is 14.8 Å². The van der Waals surface area contributed by atoms with Crippen LogP contribution < -0.4 is 11.1 Å². The van der Waals surface area contributed by atoms with E-state index in [0.29, 0.717) is 18.2 Å². The molecule has 3 N–H and O–H groups in total. The van der Waals surface area contributed by atoms with E-state index in [1.54, 1.807) is 0 Å². The lowest BCUT2D eigenvalue weighted by atomic mass is 10.1. The number of carbonyl (C=O) groups excluding carboxylic acids is 1. The van der Waals surface area contributed by atoms with E-state index in [2.05, 4.69) is 27.1 Å². The highest BCUT2D eigenvalue weighted by Gasteiger charge is 2.25. The summed E-state index contributed by atoms with van der Waals surface area (Å²) >= 11 is 1.45. The number of rotatable bonds is 4. The molecule has 2 rings (SSSR count). The number of aryl methyl sites for hydroxylation is 1. The summed E-state index contributed by atoms with van der Waals surface area (Å²) in [6.07, 6.45) is 0. The van der Waals surface area contributed by atoms with E-state index in [9.17, 15) is 4.79 Å². The smallest absolute Gasteiger partial charge is 0.240 e. The first kappa shape index (κ1) is 14.4. The summed E-state index contributed by atoms with van der Waals surface area (Å²) in [7, 11) is 2.08. The number of piperazine rings is 1. The number of nitrogens with two attached hydrogens (primary N) is 1. The van der Waals surface area contributed by atoms with Crippen molar-refractivity contribution >= 4 is 22.4 Å². The average molecular weight is 283 g/mol. The predicted octanol–water partition coefficient (Wildman–Crippen LogP) is -0.0353. The zero-order valence-electron chi connectivity index (χ0n) is 11.4. The molecule has 0 aliphatic carbocycles. The van der Waals surface area contributed by atoms with Crippen molar-refractivity contribution in [3.05, 3.63) is 11.1 Å². The normalized spacial score (nSPS) is 21.5. The van der Waals surface area contributed by atoms with Crippen LogP contribution in [0.5, 0.6) is 0 Å². The van der Waals surface area contributed by atoms with Crippen molar-refractivity contribution in [2.45, 2.75) is 13.0 Å². The third-order valence-corrected chi connectivity index (χ3v) is 4.17. The van der Waals surface area contributed by atoms with E-state index in [1.165, 1.54) is 11.3 Å². The van der Waals surface area contributed by atoms with Crippen molar-refractivity contribution in [3.63, 3.8) is 0 Å². The lowest BCUT2D eigenvalue weighted by Crippen LogP contribution is -2.56. The maximum absolute atomic E-state index is 12.0. The van der Waals surface area contributed by atoms with E-state index in [-0.39, 0.29) is 11.9 Å². The highest BCUT2D eigenvalue weighted by Crippen LogP contribution is 2.14. The molecule has 0 saturated carbocycles. The molecule has 1 aromatic heterocycles. The number of carbonyl (C=O) groups is 1. The predicted molar refractivity (Wildman–Crippen MR) is 77.4 cm³/mol. The maximum Gasteiger partial charge on any atom is 0.240 e. The summed E-state index contributed by atoms with van der Waals surface area (Å²) in [5, 5.41) is 5.43. The number of aromatic nitrogens is 1. The number of anilines is 1. The Morgan fingerprint density at radius 1 is 1.63 bits per heavy atom. The van der Waals surface area contributed by atoms with E-state index in [0.717, 1.165) is 25.3 Å². The Balaban J connectivity index is 1.87. The minimum Gasteiger partial charge on any atom is -0.329 e.